The summed E-state index contributed by atoms with van der Waals surface area (Å²) in [7, 11) is 0. The maximum atomic E-state index is 12.8. The van der Waals surface area contributed by atoms with Crippen molar-refractivity contribution in [1.29, 1.82) is 0 Å². The first kappa shape index (κ1) is 62.6. The van der Waals surface area contributed by atoms with Crippen molar-refractivity contribution in [2.75, 3.05) is 19.8 Å². The number of carbonyl (C=O) groups excluding carboxylic acids is 2. The van der Waals surface area contributed by atoms with E-state index in [1.165, 1.54) is 103 Å². The number of ether oxygens (including phenoxy) is 3. The van der Waals surface area contributed by atoms with Crippen molar-refractivity contribution < 1.29 is 23.8 Å². The number of hydrogen-bond acceptors (Lipinski definition) is 5. The summed E-state index contributed by atoms with van der Waals surface area (Å²) in [6, 6.07) is 0. The van der Waals surface area contributed by atoms with Crippen LogP contribution in [-0.2, 0) is 23.8 Å². The van der Waals surface area contributed by atoms with Gasteiger partial charge in [-0.1, -0.05) is 214 Å². The van der Waals surface area contributed by atoms with E-state index in [2.05, 4.69) is 130 Å². The highest BCUT2D eigenvalue weighted by atomic mass is 16.6. The fourth-order valence-electron chi connectivity index (χ4n) is 7.25. The van der Waals surface area contributed by atoms with E-state index in [9.17, 15) is 9.59 Å². The van der Waals surface area contributed by atoms with Crippen LogP contribution in [0.25, 0.3) is 0 Å². The Morgan fingerprint density at radius 1 is 0.348 bits per heavy atom. The van der Waals surface area contributed by atoms with Crippen LogP contribution >= 0.6 is 0 Å². The maximum Gasteiger partial charge on any atom is 0.306 e. The second kappa shape index (κ2) is 55.9. The summed E-state index contributed by atoms with van der Waals surface area (Å²) in [5, 5.41) is 0. The maximum absolute atomic E-state index is 12.8. The molecule has 0 fully saturated rings. The molecule has 1 unspecified atom stereocenters. The first-order valence-corrected chi connectivity index (χ1v) is 27.4. The van der Waals surface area contributed by atoms with Gasteiger partial charge in [-0.15, -0.1) is 0 Å². The van der Waals surface area contributed by atoms with E-state index in [0.29, 0.717) is 19.4 Å². The first-order valence-electron chi connectivity index (χ1n) is 27.4. The minimum atomic E-state index is -0.572. The predicted molar refractivity (Wildman–Crippen MR) is 288 cm³/mol. The Balaban J connectivity index is 4.37. The largest absolute Gasteiger partial charge is 0.462 e. The number of allylic oxidation sites excluding steroid dienone is 18. The SMILES string of the molecule is CC/C=C\C/C=C\C/C=C\C/C=C\CCCCC(=O)OC(COCCCCCCCCCC/C=C\C/C=C\C/C=C\CC)COC(=O)CCCCCCCCC/C=C\C/C=C\CCCCC. The Hall–Kier alpha value is -3.44. The molecule has 0 heterocycles. The lowest BCUT2D eigenvalue weighted by Crippen LogP contribution is -2.30. The molecule has 0 aromatic heterocycles. The van der Waals surface area contributed by atoms with E-state index in [4.69, 9.17) is 14.2 Å². The normalized spacial score (nSPS) is 13.1. The number of rotatable bonds is 49. The van der Waals surface area contributed by atoms with Crippen molar-refractivity contribution in [2.24, 2.45) is 0 Å². The van der Waals surface area contributed by atoms with Crippen LogP contribution in [0.4, 0.5) is 0 Å². The van der Waals surface area contributed by atoms with Crippen molar-refractivity contribution in [3.63, 3.8) is 0 Å². The van der Waals surface area contributed by atoms with E-state index in [1.54, 1.807) is 0 Å². The zero-order valence-electron chi connectivity index (χ0n) is 43.2. The Labute approximate surface area is 408 Å². The van der Waals surface area contributed by atoms with Crippen molar-refractivity contribution in [3.05, 3.63) is 109 Å². The van der Waals surface area contributed by atoms with Crippen LogP contribution in [0, 0.1) is 0 Å². The van der Waals surface area contributed by atoms with E-state index < -0.39 is 6.10 Å². The van der Waals surface area contributed by atoms with Gasteiger partial charge in [-0.25, -0.2) is 0 Å². The molecular formula is C61H102O5. The zero-order valence-corrected chi connectivity index (χ0v) is 43.2. The topological polar surface area (TPSA) is 61.8 Å². The van der Waals surface area contributed by atoms with Crippen LogP contribution in [0.3, 0.4) is 0 Å². The second-order valence-electron chi connectivity index (χ2n) is 17.7. The number of unbranched alkanes of at least 4 members (excludes halogenated alkanes) is 20. The molecule has 0 aliphatic heterocycles. The first-order chi connectivity index (χ1) is 32.6. The molecule has 66 heavy (non-hydrogen) atoms. The van der Waals surface area contributed by atoms with E-state index in [0.717, 1.165) is 103 Å². The summed E-state index contributed by atoms with van der Waals surface area (Å²) < 4.78 is 17.4. The van der Waals surface area contributed by atoms with Crippen LogP contribution in [0.2, 0.25) is 0 Å². The highest BCUT2D eigenvalue weighted by molar-refractivity contribution is 5.70. The van der Waals surface area contributed by atoms with E-state index in [-0.39, 0.29) is 25.2 Å². The predicted octanol–water partition coefficient (Wildman–Crippen LogP) is 18.8. The number of hydrogen-bond donors (Lipinski definition) is 0. The number of carbonyl (C=O) groups is 2. The molecule has 0 saturated heterocycles. The lowest BCUT2D eigenvalue weighted by molar-refractivity contribution is -0.163. The summed E-state index contributed by atoms with van der Waals surface area (Å²) in [5.74, 6) is -0.461. The van der Waals surface area contributed by atoms with Crippen molar-refractivity contribution >= 4 is 11.9 Å². The van der Waals surface area contributed by atoms with Crippen LogP contribution in [0.5, 0.6) is 0 Å². The van der Waals surface area contributed by atoms with Gasteiger partial charge in [-0.05, 0) is 122 Å². The van der Waals surface area contributed by atoms with Crippen LogP contribution in [0.1, 0.15) is 239 Å². The average molecular weight is 915 g/mol. The van der Waals surface area contributed by atoms with Gasteiger partial charge >= 0.3 is 11.9 Å². The highest BCUT2D eigenvalue weighted by Crippen LogP contribution is 2.13. The van der Waals surface area contributed by atoms with Crippen LogP contribution in [-0.4, -0.2) is 37.9 Å². The standard InChI is InChI=1S/C61H102O5/c1-4-7-10-13-16-19-22-25-28-30-32-35-38-41-44-47-50-53-56-64-57-59(66-61(63)55-52-49-46-43-40-37-33-27-24-21-18-15-12-9-6-3)58-65-60(62)54-51-48-45-42-39-36-34-31-29-26-23-20-17-14-11-8-5-2/h7,9-10,12,16-21,25-29,33,40,43,59H,4-6,8,11,13-15,22-24,30-32,34-39,41-42,44-58H2,1-3H3/b10-7-,12-9-,19-16-,20-17-,21-18-,28-25-,29-26-,33-27-,43-40-. The van der Waals surface area contributed by atoms with Crippen LogP contribution in [0.15, 0.2) is 109 Å². The van der Waals surface area contributed by atoms with E-state index in [1.807, 2.05) is 0 Å². The summed E-state index contributed by atoms with van der Waals surface area (Å²) in [6.07, 6.45) is 76.7. The van der Waals surface area contributed by atoms with Crippen molar-refractivity contribution in [2.45, 2.75) is 245 Å². The molecule has 0 aliphatic rings. The molecule has 0 rings (SSSR count). The summed E-state index contributed by atoms with van der Waals surface area (Å²) in [5.41, 5.74) is 0. The second-order valence-corrected chi connectivity index (χ2v) is 17.7. The molecule has 5 heteroatoms. The van der Waals surface area contributed by atoms with Crippen molar-refractivity contribution in [3.8, 4) is 0 Å². The Kier molecular flexibility index (Phi) is 53.0. The average Bonchev–Trinajstić information content (AvgIpc) is 3.32. The minimum absolute atomic E-state index is 0.0556. The number of esters is 2. The molecule has 0 saturated carbocycles. The highest BCUT2D eigenvalue weighted by Gasteiger charge is 2.17. The molecule has 0 spiro atoms. The van der Waals surface area contributed by atoms with Crippen LogP contribution < -0.4 is 0 Å². The Morgan fingerprint density at radius 2 is 0.682 bits per heavy atom. The Morgan fingerprint density at radius 3 is 1.12 bits per heavy atom. The summed E-state index contributed by atoms with van der Waals surface area (Å²) >= 11 is 0. The molecule has 5 nitrogen and oxygen atoms in total. The van der Waals surface area contributed by atoms with Gasteiger partial charge in [-0.2, -0.15) is 0 Å². The molecule has 0 N–H and O–H groups in total. The monoisotopic (exact) mass is 915 g/mol. The fourth-order valence-corrected chi connectivity index (χ4v) is 7.25. The molecule has 0 aliphatic carbocycles. The summed E-state index contributed by atoms with van der Waals surface area (Å²) in [6.45, 7) is 7.51. The quantitative estimate of drug-likeness (QED) is 0.0346. The summed E-state index contributed by atoms with van der Waals surface area (Å²) in [4.78, 5) is 25.5. The molecule has 0 aromatic carbocycles. The molecule has 0 bridgehead atoms. The minimum Gasteiger partial charge on any atom is -0.462 e. The molecule has 376 valence electrons. The van der Waals surface area contributed by atoms with Gasteiger partial charge in [0.1, 0.15) is 6.61 Å². The third-order valence-corrected chi connectivity index (χ3v) is 11.3. The van der Waals surface area contributed by atoms with Gasteiger partial charge < -0.3 is 14.2 Å². The van der Waals surface area contributed by atoms with Gasteiger partial charge in [0.25, 0.3) is 0 Å². The molecule has 1 atom stereocenters. The lowest BCUT2D eigenvalue weighted by atomic mass is 10.1. The molecule has 0 aromatic rings. The molecular weight excluding hydrogens is 813 g/mol. The third-order valence-electron chi connectivity index (χ3n) is 11.3. The Bertz CT molecular complexity index is 1310. The fraction of sp³-hybridized carbons (Fsp3) is 0.672. The van der Waals surface area contributed by atoms with E-state index >= 15 is 0 Å². The van der Waals surface area contributed by atoms with Gasteiger partial charge in [-0.3, -0.25) is 9.59 Å². The lowest BCUT2D eigenvalue weighted by Gasteiger charge is -2.18. The van der Waals surface area contributed by atoms with Gasteiger partial charge in [0.15, 0.2) is 6.10 Å². The zero-order chi connectivity index (χ0) is 47.7. The van der Waals surface area contributed by atoms with Crippen molar-refractivity contribution in [1.82, 2.24) is 0 Å². The van der Waals surface area contributed by atoms with Gasteiger partial charge in [0.05, 0.1) is 6.61 Å². The smallest absolute Gasteiger partial charge is 0.306 e. The van der Waals surface area contributed by atoms with Gasteiger partial charge in [0, 0.05) is 19.4 Å². The van der Waals surface area contributed by atoms with Gasteiger partial charge in [0.2, 0.25) is 0 Å². The molecule has 0 amide bonds. The molecule has 0 radical (unpaired) electrons. The third kappa shape index (κ3) is 53.2.